The molecule has 0 aliphatic heterocycles. The minimum atomic E-state index is 0.393. The molecule has 0 atom stereocenters. The summed E-state index contributed by atoms with van der Waals surface area (Å²) >= 11 is 6.01. The van der Waals surface area contributed by atoms with E-state index < -0.39 is 0 Å². The highest BCUT2D eigenvalue weighted by molar-refractivity contribution is 6.34. The first-order valence-electron chi connectivity index (χ1n) is 5.44. The Hall–Kier alpha value is -2.07. The lowest BCUT2D eigenvalue weighted by Crippen LogP contribution is -1.93. The van der Waals surface area contributed by atoms with Crippen LogP contribution in [0.1, 0.15) is 0 Å². The molecule has 2 aromatic heterocycles. The normalized spacial score (nSPS) is 10.8. The van der Waals surface area contributed by atoms with Crippen molar-refractivity contribution in [3.05, 3.63) is 41.7 Å². The summed E-state index contributed by atoms with van der Waals surface area (Å²) in [4.78, 5) is 3.14. The number of aromatic nitrogens is 3. The van der Waals surface area contributed by atoms with E-state index in [0.717, 1.165) is 27.9 Å². The van der Waals surface area contributed by atoms with Crippen LogP contribution in [-0.2, 0) is 0 Å². The molecule has 0 aliphatic carbocycles. The molecule has 0 radical (unpaired) electrons. The van der Waals surface area contributed by atoms with Crippen LogP contribution in [0.25, 0.3) is 22.2 Å². The van der Waals surface area contributed by atoms with Gasteiger partial charge in [0.25, 0.3) is 0 Å². The highest BCUT2D eigenvalue weighted by Crippen LogP contribution is 2.33. The van der Waals surface area contributed by atoms with Crippen molar-refractivity contribution in [3.8, 4) is 17.0 Å². The average molecular weight is 260 g/mol. The molecule has 5 heteroatoms. The van der Waals surface area contributed by atoms with Crippen LogP contribution in [0.2, 0.25) is 5.15 Å². The van der Waals surface area contributed by atoms with Gasteiger partial charge in [-0.25, -0.2) is 0 Å². The van der Waals surface area contributed by atoms with Gasteiger partial charge in [0, 0.05) is 17.1 Å². The molecule has 0 fully saturated rings. The molecule has 18 heavy (non-hydrogen) atoms. The van der Waals surface area contributed by atoms with E-state index in [4.69, 9.17) is 16.3 Å². The first-order chi connectivity index (χ1) is 8.81. The zero-order valence-corrected chi connectivity index (χ0v) is 10.4. The number of fused-ring (bicyclic) bond motifs is 1. The summed E-state index contributed by atoms with van der Waals surface area (Å²) in [6, 6.07) is 9.56. The van der Waals surface area contributed by atoms with E-state index in [9.17, 15) is 0 Å². The van der Waals surface area contributed by atoms with E-state index in [-0.39, 0.29) is 0 Å². The number of rotatable bonds is 2. The summed E-state index contributed by atoms with van der Waals surface area (Å²) in [5.74, 6) is 0.755. The van der Waals surface area contributed by atoms with E-state index in [1.807, 2.05) is 36.5 Å². The monoisotopic (exact) mass is 259 g/mol. The lowest BCUT2D eigenvalue weighted by Gasteiger charge is -2.08. The molecule has 0 saturated carbocycles. The third kappa shape index (κ3) is 1.62. The number of hydrogen-bond acceptors (Lipinski definition) is 3. The Kier molecular flexibility index (Phi) is 2.64. The standard InChI is InChI=1S/C13H10ClN3O/c1-18-10-5-3-2-4-8(10)12-11-9(6-7-15-11)13(14)17-16-12/h2-7,15H,1H3. The SMILES string of the molecule is COc1ccccc1-c1nnc(Cl)c2cc[nH]c12. The average Bonchev–Trinajstić information content (AvgIpc) is 2.89. The van der Waals surface area contributed by atoms with Crippen molar-refractivity contribution in [1.29, 1.82) is 0 Å². The Bertz CT molecular complexity index is 708. The maximum atomic E-state index is 6.01. The van der Waals surface area contributed by atoms with Crippen molar-refractivity contribution >= 4 is 22.5 Å². The Morgan fingerprint density at radius 2 is 2.00 bits per heavy atom. The maximum Gasteiger partial charge on any atom is 0.161 e. The molecular weight excluding hydrogens is 250 g/mol. The van der Waals surface area contributed by atoms with Gasteiger partial charge < -0.3 is 9.72 Å². The van der Waals surface area contributed by atoms with Crippen molar-refractivity contribution in [2.45, 2.75) is 0 Å². The fourth-order valence-corrected chi connectivity index (χ4v) is 2.16. The predicted octanol–water partition coefficient (Wildman–Crippen LogP) is 3.29. The third-order valence-corrected chi connectivity index (χ3v) is 3.09. The molecule has 0 spiro atoms. The fraction of sp³-hybridized carbons (Fsp3) is 0.0769. The molecule has 90 valence electrons. The highest BCUT2D eigenvalue weighted by atomic mass is 35.5. The van der Waals surface area contributed by atoms with Crippen molar-refractivity contribution in [1.82, 2.24) is 15.2 Å². The number of nitrogens with one attached hydrogen (secondary N) is 1. The lowest BCUT2D eigenvalue weighted by atomic mass is 10.1. The smallest absolute Gasteiger partial charge is 0.161 e. The lowest BCUT2D eigenvalue weighted by molar-refractivity contribution is 0.416. The molecule has 1 aromatic carbocycles. The largest absolute Gasteiger partial charge is 0.496 e. The molecule has 2 heterocycles. The van der Waals surface area contributed by atoms with Crippen molar-refractivity contribution in [2.75, 3.05) is 7.11 Å². The Balaban J connectivity index is 2.32. The quantitative estimate of drug-likeness (QED) is 0.768. The molecule has 0 saturated heterocycles. The van der Waals surface area contributed by atoms with Gasteiger partial charge in [-0.2, -0.15) is 0 Å². The number of ether oxygens (including phenoxy) is 1. The fourth-order valence-electron chi connectivity index (χ4n) is 1.96. The molecule has 4 nitrogen and oxygen atoms in total. The van der Waals surface area contributed by atoms with E-state index in [1.54, 1.807) is 7.11 Å². The van der Waals surface area contributed by atoms with Gasteiger partial charge >= 0.3 is 0 Å². The number of H-pyrrole nitrogens is 1. The number of benzene rings is 1. The van der Waals surface area contributed by atoms with Crippen LogP contribution >= 0.6 is 11.6 Å². The van der Waals surface area contributed by atoms with Crippen LogP contribution in [0.4, 0.5) is 0 Å². The van der Waals surface area contributed by atoms with Crippen LogP contribution in [-0.4, -0.2) is 22.3 Å². The predicted molar refractivity (Wildman–Crippen MR) is 70.9 cm³/mol. The second kappa shape index (κ2) is 4.31. The first kappa shape index (κ1) is 11.0. The van der Waals surface area contributed by atoms with Crippen LogP contribution in [0, 0.1) is 0 Å². The number of nitrogens with zero attached hydrogens (tertiary/aromatic N) is 2. The number of aromatic amines is 1. The minimum absolute atomic E-state index is 0.393. The minimum Gasteiger partial charge on any atom is -0.496 e. The zero-order valence-electron chi connectivity index (χ0n) is 9.64. The van der Waals surface area contributed by atoms with Crippen LogP contribution in [0.3, 0.4) is 0 Å². The van der Waals surface area contributed by atoms with Crippen molar-refractivity contribution in [3.63, 3.8) is 0 Å². The van der Waals surface area contributed by atoms with E-state index in [2.05, 4.69) is 15.2 Å². The van der Waals surface area contributed by atoms with E-state index in [1.165, 1.54) is 0 Å². The highest BCUT2D eigenvalue weighted by Gasteiger charge is 2.13. The second-order valence-electron chi connectivity index (χ2n) is 3.81. The molecule has 1 N–H and O–H groups in total. The van der Waals surface area contributed by atoms with Crippen LogP contribution in [0.15, 0.2) is 36.5 Å². The summed E-state index contributed by atoms with van der Waals surface area (Å²) in [6.45, 7) is 0. The van der Waals surface area contributed by atoms with Gasteiger partial charge in [-0.1, -0.05) is 23.7 Å². The van der Waals surface area contributed by atoms with E-state index >= 15 is 0 Å². The number of methoxy groups -OCH3 is 1. The maximum absolute atomic E-state index is 6.01. The summed E-state index contributed by atoms with van der Waals surface area (Å²) in [5.41, 5.74) is 2.48. The number of para-hydroxylation sites is 1. The van der Waals surface area contributed by atoms with Crippen LogP contribution in [0.5, 0.6) is 5.75 Å². The summed E-state index contributed by atoms with van der Waals surface area (Å²) in [5, 5.41) is 9.38. The summed E-state index contributed by atoms with van der Waals surface area (Å²) in [7, 11) is 1.63. The van der Waals surface area contributed by atoms with Gasteiger partial charge in [0.15, 0.2) is 5.15 Å². The molecule has 0 amide bonds. The van der Waals surface area contributed by atoms with Gasteiger partial charge in [-0.3, -0.25) is 0 Å². The first-order valence-corrected chi connectivity index (χ1v) is 5.81. The van der Waals surface area contributed by atoms with Gasteiger partial charge in [0.05, 0.1) is 12.6 Å². The summed E-state index contributed by atoms with van der Waals surface area (Å²) < 4.78 is 5.34. The molecule has 0 bridgehead atoms. The van der Waals surface area contributed by atoms with Crippen molar-refractivity contribution in [2.24, 2.45) is 0 Å². The molecule has 0 aliphatic rings. The molecule has 3 rings (SSSR count). The van der Waals surface area contributed by atoms with Gasteiger partial charge in [-0.15, -0.1) is 10.2 Å². The van der Waals surface area contributed by atoms with Gasteiger partial charge in [-0.05, 0) is 18.2 Å². The second-order valence-corrected chi connectivity index (χ2v) is 4.16. The van der Waals surface area contributed by atoms with Crippen molar-refractivity contribution < 1.29 is 4.74 Å². The van der Waals surface area contributed by atoms with Crippen LogP contribution < -0.4 is 4.74 Å². The molecule has 3 aromatic rings. The third-order valence-electron chi connectivity index (χ3n) is 2.81. The van der Waals surface area contributed by atoms with E-state index in [0.29, 0.717) is 5.15 Å². The Morgan fingerprint density at radius 1 is 1.17 bits per heavy atom. The Labute approximate surface area is 109 Å². The zero-order chi connectivity index (χ0) is 12.5. The summed E-state index contributed by atoms with van der Waals surface area (Å²) in [6.07, 6.45) is 1.82. The van der Waals surface area contributed by atoms with Gasteiger partial charge in [0.2, 0.25) is 0 Å². The van der Waals surface area contributed by atoms with Gasteiger partial charge in [0.1, 0.15) is 11.4 Å². The number of halogens is 1. The number of hydrogen-bond donors (Lipinski definition) is 1. The molecule has 0 unspecified atom stereocenters. The Morgan fingerprint density at radius 3 is 2.83 bits per heavy atom. The molecular formula is C13H10ClN3O. The topological polar surface area (TPSA) is 50.8 Å².